The Morgan fingerprint density at radius 2 is 1.64 bits per heavy atom. The van der Waals surface area contributed by atoms with Crippen molar-refractivity contribution in [3.8, 4) is 22.6 Å². The maximum Gasteiger partial charge on any atom is 0.257 e. The number of benzene rings is 3. The molecule has 28 heavy (non-hydrogen) atoms. The first-order chi connectivity index (χ1) is 13.5. The number of carbonyl (C=O) groups excluding carboxylic acids is 1. The number of anilines is 1. The van der Waals surface area contributed by atoms with Crippen LogP contribution in [0, 0.1) is 0 Å². The monoisotopic (exact) mass is 441 g/mol. The molecule has 0 fully saturated rings. The van der Waals surface area contributed by atoms with Gasteiger partial charge in [-0.3, -0.25) is 4.79 Å². The standard InChI is InChI=1S/C22H20BrNO4/c1-27-19-12-9-15(13-20(19)28-2)17-5-3-4-6-18(17)24-22(26)21(25)14-7-10-16(23)11-8-14/h3-13,21,25H,1-2H3,(H,24,26). The highest BCUT2D eigenvalue weighted by molar-refractivity contribution is 9.10. The average molecular weight is 442 g/mol. The minimum atomic E-state index is -1.27. The molecule has 0 aliphatic heterocycles. The average Bonchev–Trinajstić information content (AvgIpc) is 2.73. The van der Waals surface area contributed by atoms with Gasteiger partial charge in [0, 0.05) is 15.7 Å². The Morgan fingerprint density at radius 3 is 2.32 bits per heavy atom. The molecule has 0 saturated carbocycles. The number of aliphatic hydroxyl groups is 1. The number of rotatable bonds is 6. The van der Waals surface area contributed by atoms with E-state index >= 15 is 0 Å². The van der Waals surface area contributed by atoms with Gasteiger partial charge in [0.15, 0.2) is 17.6 Å². The predicted octanol–water partition coefficient (Wildman–Crippen LogP) is 4.81. The van der Waals surface area contributed by atoms with Gasteiger partial charge in [-0.05, 0) is 41.5 Å². The first-order valence-corrected chi connectivity index (χ1v) is 9.38. The maximum absolute atomic E-state index is 12.6. The Hall–Kier alpha value is -2.83. The van der Waals surface area contributed by atoms with Crippen LogP contribution >= 0.6 is 15.9 Å². The highest BCUT2D eigenvalue weighted by Gasteiger charge is 2.19. The molecule has 3 aromatic carbocycles. The van der Waals surface area contributed by atoms with E-state index in [0.717, 1.165) is 15.6 Å². The summed E-state index contributed by atoms with van der Waals surface area (Å²) in [6.07, 6.45) is -1.27. The first-order valence-electron chi connectivity index (χ1n) is 8.59. The summed E-state index contributed by atoms with van der Waals surface area (Å²) in [5, 5.41) is 13.2. The van der Waals surface area contributed by atoms with E-state index in [1.165, 1.54) is 0 Å². The van der Waals surface area contributed by atoms with Crippen molar-refractivity contribution < 1.29 is 19.4 Å². The Bertz CT molecular complexity index is 973. The quantitative estimate of drug-likeness (QED) is 0.575. The lowest BCUT2D eigenvalue weighted by Gasteiger charge is -2.16. The Kier molecular flexibility index (Phi) is 6.34. The first kappa shape index (κ1) is 19.9. The second-order valence-corrected chi connectivity index (χ2v) is 6.97. The number of ether oxygens (including phenoxy) is 2. The molecule has 2 N–H and O–H groups in total. The molecular formula is C22H20BrNO4. The molecule has 0 radical (unpaired) electrons. The van der Waals surface area contributed by atoms with E-state index in [9.17, 15) is 9.90 Å². The van der Waals surface area contributed by atoms with E-state index in [4.69, 9.17) is 9.47 Å². The van der Waals surface area contributed by atoms with Crippen LogP contribution in [-0.4, -0.2) is 25.2 Å². The van der Waals surface area contributed by atoms with Gasteiger partial charge in [0.05, 0.1) is 14.2 Å². The van der Waals surface area contributed by atoms with Crippen LogP contribution in [-0.2, 0) is 4.79 Å². The lowest BCUT2D eigenvalue weighted by atomic mass is 10.0. The third kappa shape index (κ3) is 4.35. The number of nitrogens with one attached hydrogen (secondary N) is 1. The second-order valence-electron chi connectivity index (χ2n) is 6.06. The molecule has 0 saturated heterocycles. The molecule has 3 rings (SSSR count). The molecule has 5 nitrogen and oxygen atoms in total. The fourth-order valence-electron chi connectivity index (χ4n) is 2.85. The van der Waals surface area contributed by atoms with Crippen molar-refractivity contribution in [3.63, 3.8) is 0 Å². The van der Waals surface area contributed by atoms with E-state index in [2.05, 4.69) is 21.2 Å². The van der Waals surface area contributed by atoms with Crippen molar-refractivity contribution in [1.82, 2.24) is 0 Å². The minimum Gasteiger partial charge on any atom is -0.493 e. The molecule has 0 aliphatic rings. The fourth-order valence-corrected chi connectivity index (χ4v) is 3.11. The summed E-state index contributed by atoms with van der Waals surface area (Å²) in [6.45, 7) is 0. The summed E-state index contributed by atoms with van der Waals surface area (Å²) in [5.74, 6) is 0.713. The summed E-state index contributed by atoms with van der Waals surface area (Å²) in [7, 11) is 3.15. The number of methoxy groups -OCH3 is 2. The second kappa shape index (κ2) is 8.91. The number of hydrogen-bond acceptors (Lipinski definition) is 4. The Morgan fingerprint density at radius 1 is 0.964 bits per heavy atom. The zero-order valence-corrected chi connectivity index (χ0v) is 17.1. The maximum atomic E-state index is 12.6. The van der Waals surface area contributed by atoms with E-state index in [-0.39, 0.29) is 0 Å². The number of hydrogen-bond donors (Lipinski definition) is 2. The summed E-state index contributed by atoms with van der Waals surface area (Å²) in [5.41, 5.74) is 2.77. The largest absolute Gasteiger partial charge is 0.493 e. The smallest absolute Gasteiger partial charge is 0.257 e. The van der Waals surface area contributed by atoms with Gasteiger partial charge in [0.1, 0.15) is 0 Å². The van der Waals surface area contributed by atoms with Crippen molar-refractivity contribution in [1.29, 1.82) is 0 Å². The third-order valence-electron chi connectivity index (χ3n) is 4.31. The van der Waals surface area contributed by atoms with Crippen LogP contribution in [0.4, 0.5) is 5.69 Å². The van der Waals surface area contributed by atoms with Crippen LogP contribution in [0.3, 0.4) is 0 Å². The molecule has 0 bridgehead atoms. The summed E-state index contributed by atoms with van der Waals surface area (Å²) < 4.78 is 11.5. The van der Waals surface area contributed by atoms with Gasteiger partial charge in [-0.25, -0.2) is 0 Å². The molecule has 6 heteroatoms. The van der Waals surface area contributed by atoms with Crippen molar-refractivity contribution in [2.45, 2.75) is 6.10 Å². The molecule has 0 spiro atoms. The molecule has 1 atom stereocenters. The summed E-state index contributed by atoms with van der Waals surface area (Å²) in [4.78, 5) is 12.6. The van der Waals surface area contributed by atoms with Crippen LogP contribution in [0.25, 0.3) is 11.1 Å². The van der Waals surface area contributed by atoms with Gasteiger partial charge >= 0.3 is 0 Å². The van der Waals surface area contributed by atoms with E-state index in [1.54, 1.807) is 44.6 Å². The van der Waals surface area contributed by atoms with Crippen LogP contribution in [0.2, 0.25) is 0 Å². The third-order valence-corrected chi connectivity index (χ3v) is 4.84. The van der Waals surface area contributed by atoms with Gasteiger partial charge in [-0.2, -0.15) is 0 Å². The number of aliphatic hydroxyl groups excluding tert-OH is 1. The molecule has 1 unspecified atom stereocenters. The number of para-hydroxylation sites is 1. The van der Waals surface area contributed by atoms with E-state index in [0.29, 0.717) is 22.7 Å². The van der Waals surface area contributed by atoms with Gasteiger partial charge < -0.3 is 19.9 Å². The number of amides is 1. The number of carbonyl (C=O) groups is 1. The highest BCUT2D eigenvalue weighted by Crippen LogP contribution is 2.35. The molecule has 3 aromatic rings. The van der Waals surface area contributed by atoms with Crippen molar-refractivity contribution in [2.75, 3.05) is 19.5 Å². The van der Waals surface area contributed by atoms with Crippen molar-refractivity contribution in [2.24, 2.45) is 0 Å². The Balaban J connectivity index is 1.88. The Labute approximate surface area is 172 Å². The van der Waals surface area contributed by atoms with E-state index in [1.807, 2.05) is 36.4 Å². The lowest BCUT2D eigenvalue weighted by molar-refractivity contribution is -0.124. The van der Waals surface area contributed by atoms with Gasteiger partial charge in [-0.15, -0.1) is 0 Å². The van der Waals surface area contributed by atoms with Crippen LogP contribution < -0.4 is 14.8 Å². The van der Waals surface area contributed by atoms with Crippen LogP contribution in [0.15, 0.2) is 71.2 Å². The molecule has 1 amide bonds. The number of halogens is 1. The zero-order chi connectivity index (χ0) is 20.1. The van der Waals surface area contributed by atoms with Crippen molar-refractivity contribution in [3.05, 3.63) is 76.8 Å². The summed E-state index contributed by atoms with van der Waals surface area (Å²) in [6, 6.07) is 19.9. The van der Waals surface area contributed by atoms with Crippen LogP contribution in [0.1, 0.15) is 11.7 Å². The minimum absolute atomic E-state index is 0.504. The molecule has 0 heterocycles. The normalized spacial score (nSPS) is 11.6. The topological polar surface area (TPSA) is 67.8 Å². The van der Waals surface area contributed by atoms with Crippen molar-refractivity contribution >= 4 is 27.5 Å². The zero-order valence-electron chi connectivity index (χ0n) is 15.5. The summed E-state index contributed by atoms with van der Waals surface area (Å²) >= 11 is 3.34. The lowest BCUT2D eigenvalue weighted by Crippen LogP contribution is -2.21. The SMILES string of the molecule is COc1ccc(-c2ccccc2NC(=O)C(O)c2ccc(Br)cc2)cc1OC. The fraction of sp³-hybridized carbons (Fsp3) is 0.136. The molecule has 144 valence electrons. The molecule has 0 aliphatic carbocycles. The van der Waals surface area contributed by atoms with Gasteiger partial charge in [-0.1, -0.05) is 52.3 Å². The molecule has 0 aromatic heterocycles. The van der Waals surface area contributed by atoms with Gasteiger partial charge in [0.2, 0.25) is 0 Å². The van der Waals surface area contributed by atoms with Crippen LogP contribution in [0.5, 0.6) is 11.5 Å². The van der Waals surface area contributed by atoms with E-state index < -0.39 is 12.0 Å². The highest BCUT2D eigenvalue weighted by atomic mass is 79.9. The molecular weight excluding hydrogens is 422 g/mol. The predicted molar refractivity (Wildman–Crippen MR) is 113 cm³/mol. The van der Waals surface area contributed by atoms with Gasteiger partial charge in [0.25, 0.3) is 5.91 Å².